The minimum Gasteiger partial charge on any atom is -0.496 e. The molecule has 0 bridgehead atoms. The fraction of sp³-hybridized carbons (Fsp3) is 0.556. The number of carbonyl (C=O) groups excluding carboxylic acids is 1. The maximum Gasteiger partial charge on any atom is 0.329 e. The highest BCUT2D eigenvalue weighted by molar-refractivity contribution is 5.88. The maximum absolute atomic E-state index is 12.4. The van der Waals surface area contributed by atoms with Crippen molar-refractivity contribution in [1.29, 1.82) is 0 Å². The summed E-state index contributed by atoms with van der Waals surface area (Å²) in [6.07, 6.45) is 4.90. The summed E-state index contributed by atoms with van der Waals surface area (Å²) in [6, 6.07) is 5.60. The summed E-state index contributed by atoms with van der Waals surface area (Å²) in [7, 11) is 1.59. The Kier molecular flexibility index (Phi) is 5.64. The van der Waals surface area contributed by atoms with Crippen LogP contribution in [0.25, 0.3) is 0 Å². The second-order valence-corrected chi connectivity index (χ2v) is 6.33. The van der Waals surface area contributed by atoms with Crippen molar-refractivity contribution in [3.63, 3.8) is 0 Å². The van der Waals surface area contributed by atoms with E-state index in [-0.39, 0.29) is 12.3 Å². The molecular formula is C18H25NO4. The van der Waals surface area contributed by atoms with E-state index in [9.17, 15) is 14.7 Å². The fourth-order valence-electron chi connectivity index (χ4n) is 3.20. The van der Waals surface area contributed by atoms with Crippen LogP contribution in [-0.4, -0.2) is 29.6 Å². The fourth-order valence-corrected chi connectivity index (χ4v) is 3.20. The third-order valence-corrected chi connectivity index (χ3v) is 4.58. The number of carboxylic acids is 1. The van der Waals surface area contributed by atoms with Crippen LogP contribution in [0.4, 0.5) is 0 Å². The monoisotopic (exact) mass is 319 g/mol. The quantitative estimate of drug-likeness (QED) is 0.818. The standard InChI is InChI=1S/C18H25NO4/c1-13-7-8-14(11-15(13)23-2)12-16(20)19-18(17(21)22)9-5-3-4-6-10-18/h7-8,11H,3-6,9-10,12H2,1-2H3,(H,19,20)(H,21,22). The molecule has 0 unspecified atom stereocenters. The third kappa shape index (κ3) is 4.24. The number of carbonyl (C=O) groups is 2. The van der Waals surface area contributed by atoms with Crippen molar-refractivity contribution in [2.24, 2.45) is 0 Å². The molecule has 1 aromatic carbocycles. The van der Waals surface area contributed by atoms with E-state index in [0.717, 1.165) is 42.6 Å². The van der Waals surface area contributed by atoms with Gasteiger partial charge in [0, 0.05) is 0 Å². The Bertz CT molecular complexity index is 574. The number of benzene rings is 1. The number of aliphatic carboxylic acids is 1. The molecule has 2 N–H and O–H groups in total. The lowest BCUT2D eigenvalue weighted by atomic mass is 9.90. The summed E-state index contributed by atoms with van der Waals surface area (Å²) < 4.78 is 5.27. The highest BCUT2D eigenvalue weighted by Gasteiger charge is 2.39. The predicted octanol–water partition coefficient (Wildman–Crippen LogP) is 2.84. The number of aryl methyl sites for hydroxylation is 1. The molecule has 0 saturated heterocycles. The number of rotatable bonds is 5. The van der Waals surface area contributed by atoms with Gasteiger partial charge in [0.2, 0.25) is 5.91 Å². The first-order valence-electron chi connectivity index (χ1n) is 8.15. The molecule has 0 aliphatic heterocycles. The minimum atomic E-state index is -1.11. The second kappa shape index (κ2) is 7.49. The molecule has 5 nitrogen and oxygen atoms in total. The van der Waals surface area contributed by atoms with Crippen LogP contribution in [0.5, 0.6) is 5.75 Å². The second-order valence-electron chi connectivity index (χ2n) is 6.33. The zero-order valence-electron chi connectivity index (χ0n) is 13.9. The summed E-state index contributed by atoms with van der Waals surface area (Å²) in [5, 5.41) is 12.4. The minimum absolute atomic E-state index is 0.158. The lowest BCUT2D eigenvalue weighted by Crippen LogP contribution is -2.54. The van der Waals surface area contributed by atoms with Crippen LogP contribution in [0.1, 0.15) is 49.7 Å². The largest absolute Gasteiger partial charge is 0.496 e. The molecular weight excluding hydrogens is 294 g/mol. The third-order valence-electron chi connectivity index (χ3n) is 4.58. The van der Waals surface area contributed by atoms with Crippen LogP contribution in [0, 0.1) is 6.92 Å². The van der Waals surface area contributed by atoms with Crippen molar-refractivity contribution in [2.75, 3.05) is 7.11 Å². The van der Waals surface area contributed by atoms with Gasteiger partial charge in [0.25, 0.3) is 0 Å². The predicted molar refractivity (Wildman–Crippen MR) is 87.6 cm³/mol. The molecule has 1 aliphatic rings. The summed E-state index contributed by atoms with van der Waals surface area (Å²) in [6.45, 7) is 1.94. The first kappa shape index (κ1) is 17.3. The van der Waals surface area contributed by atoms with Crippen LogP contribution >= 0.6 is 0 Å². The van der Waals surface area contributed by atoms with Crippen LogP contribution in [0.15, 0.2) is 18.2 Å². The molecule has 126 valence electrons. The van der Waals surface area contributed by atoms with Crippen molar-refractivity contribution in [3.05, 3.63) is 29.3 Å². The van der Waals surface area contributed by atoms with E-state index < -0.39 is 11.5 Å². The number of hydrogen-bond acceptors (Lipinski definition) is 3. The smallest absolute Gasteiger partial charge is 0.329 e. The van der Waals surface area contributed by atoms with E-state index in [1.807, 2.05) is 25.1 Å². The molecule has 0 aromatic heterocycles. The average molecular weight is 319 g/mol. The molecule has 1 aromatic rings. The molecule has 1 aliphatic carbocycles. The van der Waals surface area contributed by atoms with E-state index in [2.05, 4.69) is 5.32 Å². The average Bonchev–Trinajstić information content (AvgIpc) is 2.75. The highest BCUT2D eigenvalue weighted by atomic mass is 16.5. The number of methoxy groups -OCH3 is 1. The van der Waals surface area contributed by atoms with Gasteiger partial charge in [0.15, 0.2) is 0 Å². The number of ether oxygens (including phenoxy) is 1. The molecule has 0 spiro atoms. The van der Waals surface area contributed by atoms with E-state index in [1.165, 1.54) is 0 Å². The Hall–Kier alpha value is -2.04. The van der Waals surface area contributed by atoms with Crippen LogP contribution in [0.3, 0.4) is 0 Å². The van der Waals surface area contributed by atoms with Crippen molar-refractivity contribution in [1.82, 2.24) is 5.32 Å². The van der Waals surface area contributed by atoms with Crippen molar-refractivity contribution in [2.45, 2.75) is 57.4 Å². The van der Waals surface area contributed by atoms with Gasteiger partial charge in [-0.3, -0.25) is 4.79 Å². The zero-order valence-corrected chi connectivity index (χ0v) is 13.9. The van der Waals surface area contributed by atoms with Gasteiger partial charge in [-0.25, -0.2) is 4.79 Å². The number of amides is 1. The molecule has 1 fully saturated rings. The Morgan fingerprint density at radius 1 is 1.22 bits per heavy atom. The normalized spacial score (nSPS) is 17.1. The number of carboxylic acid groups (broad SMARTS) is 1. The van der Waals surface area contributed by atoms with Gasteiger partial charge in [0.05, 0.1) is 13.5 Å². The molecule has 2 rings (SSSR count). The van der Waals surface area contributed by atoms with E-state index in [1.54, 1.807) is 7.11 Å². The number of hydrogen-bond donors (Lipinski definition) is 2. The molecule has 23 heavy (non-hydrogen) atoms. The van der Waals surface area contributed by atoms with E-state index in [0.29, 0.717) is 12.8 Å². The SMILES string of the molecule is COc1cc(CC(=O)NC2(C(=O)O)CCCCCC2)ccc1C. The summed E-state index contributed by atoms with van der Waals surface area (Å²) in [4.78, 5) is 24.1. The molecule has 0 radical (unpaired) electrons. The van der Waals surface area contributed by atoms with Gasteiger partial charge in [0.1, 0.15) is 11.3 Å². The van der Waals surface area contributed by atoms with Crippen LogP contribution in [-0.2, 0) is 16.0 Å². The lowest BCUT2D eigenvalue weighted by molar-refractivity contribution is -0.148. The maximum atomic E-state index is 12.4. The van der Waals surface area contributed by atoms with Gasteiger partial charge in [-0.2, -0.15) is 0 Å². The topological polar surface area (TPSA) is 75.6 Å². The molecule has 1 saturated carbocycles. The van der Waals surface area contributed by atoms with Crippen LogP contribution < -0.4 is 10.1 Å². The van der Waals surface area contributed by atoms with Crippen molar-refractivity contribution < 1.29 is 19.4 Å². The molecule has 0 atom stereocenters. The Balaban J connectivity index is 2.09. The number of nitrogens with one attached hydrogen (secondary N) is 1. The van der Waals surface area contributed by atoms with Gasteiger partial charge in [-0.15, -0.1) is 0 Å². The van der Waals surface area contributed by atoms with Crippen molar-refractivity contribution >= 4 is 11.9 Å². The van der Waals surface area contributed by atoms with Gasteiger partial charge < -0.3 is 15.2 Å². The molecule has 0 heterocycles. The summed E-state index contributed by atoms with van der Waals surface area (Å²) >= 11 is 0. The first-order chi connectivity index (χ1) is 11.0. The Morgan fingerprint density at radius 2 is 1.87 bits per heavy atom. The Labute approximate surface area is 137 Å². The summed E-state index contributed by atoms with van der Waals surface area (Å²) in [5.74, 6) is -0.438. The van der Waals surface area contributed by atoms with Gasteiger partial charge in [-0.05, 0) is 37.0 Å². The molecule has 5 heteroatoms. The van der Waals surface area contributed by atoms with Crippen LogP contribution in [0.2, 0.25) is 0 Å². The van der Waals surface area contributed by atoms with Crippen molar-refractivity contribution in [3.8, 4) is 5.75 Å². The van der Waals surface area contributed by atoms with E-state index >= 15 is 0 Å². The molecule has 1 amide bonds. The highest BCUT2D eigenvalue weighted by Crippen LogP contribution is 2.28. The summed E-state index contributed by atoms with van der Waals surface area (Å²) in [5.41, 5.74) is 0.712. The first-order valence-corrected chi connectivity index (χ1v) is 8.15. The van der Waals surface area contributed by atoms with Gasteiger partial charge >= 0.3 is 5.97 Å². The Morgan fingerprint density at radius 3 is 2.43 bits per heavy atom. The van der Waals surface area contributed by atoms with E-state index in [4.69, 9.17) is 4.74 Å². The zero-order chi connectivity index (χ0) is 16.9. The van der Waals surface area contributed by atoms with Gasteiger partial charge in [-0.1, -0.05) is 37.8 Å². The lowest BCUT2D eigenvalue weighted by Gasteiger charge is -2.29.